The van der Waals surface area contributed by atoms with Crippen molar-refractivity contribution in [3.05, 3.63) is 76.7 Å². The number of fused-ring (bicyclic) bond motifs is 1. The maximum atomic E-state index is 13.1. The number of rotatable bonds is 5. The minimum absolute atomic E-state index is 0.0553. The zero-order valence-corrected chi connectivity index (χ0v) is 21.3. The molecule has 2 aromatic carbocycles. The van der Waals surface area contributed by atoms with Crippen LogP contribution in [0.25, 0.3) is 0 Å². The van der Waals surface area contributed by atoms with E-state index in [4.69, 9.17) is 4.99 Å². The van der Waals surface area contributed by atoms with Gasteiger partial charge >= 0.3 is 0 Å². The summed E-state index contributed by atoms with van der Waals surface area (Å²) >= 11 is 5.86. The van der Waals surface area contributed by atoms with Crippen LogP contribution in [0.4, 0.5) is 5.00 Å². The number of nitrogens with zero attached hydrogens (tertiary/aromatic N) is 1. The van der Waals surface area contributed by atoms with Crippen LogP contribution in [0.3, 0.4) is 0 Å². The molecule has 1 aliphatic carbocycles. The van der Waals surface area contributed by atoms with Gasteiger partial charge in [-0.2, -0.15) is 0 Å². The fourth-order valence-electron chi connectivity index (χ4n) is 3.54. The average Bonchev–Trinajstić information content (AvgIpc) is 3.13. The van der Waals surface area contributed by atoms with Crippen molar-refractivity contribution in [1.82, 2.24) is 5.32 Å². The predicted molar refractivity (Wildman–Crippen MR) is 139 cm³/mol. The quantitative estimate of drug-likeness (QED) is 0.257. The number of hydrogen-bond donors (Lipinski definition) is 2. The van der Waals surface area contributed by atoms with Gasteiger partial charge < -0.3 is 10.4 Å². The van der Waals surface area contributed by atoms with Gasteiger partial charge in [0.2, 0.25) is 0 Å². The number of halogens is 2. The minimum Gasteiger partial charge on any atom is -0.506 e. The number of thiophene rings is 1. The molecule has 0 atom stereocenters. The fourth-order valence-corrected chi connectivity index (χ4v) is 6.58. The van der Waals surface area contributed by atoms with E-state index in [0.29, 0.717) is 12.3 Å². The lowest BCUT2D eigenvalue weighted by Gasteiger charge is -2.12. The zero-order valence-electron chi connectivity index (χ0n) is 16.1. The Kier molecular flexibility index (Phi) is 7.09. The predicted octanol–water partition coefficient (Wildman–Crippen LogP) is 6.22. The van der Waals surface area contributed by atoms with Crippen molar-refractivity contribution in [2.45, 2.75) is 32.2 Å². The second-order valence-corrected chi connectivity index (χ2v) is 10.6. The molecular weight excluding hydrogens is 622 g/mol. The number of aliphatic imine (C=N–C) groups is 1. The Morgan fingerprint density at radius 3 is 2.57 bits per heavy atom. The highest BCUT2D eigenvalue weighted by atomic mass is 127. The second-order valence-electron chi connectivity index (χ2n) is 7.15. The van der Waals surface area contributed by atoms with Gasteiger partial charge in [-0.25, -0.2) is 4.99 Å². The van der Waals surface area contributed by atoms with Gasteiger partial charge in [0.1, 0.15) is 10.8 Å². The second kappa shape index (κ2) is 9.78. The van der Waals surface area contributed by atoms with Gasteiger partial charge in [-0.05, 0) is 99.7 Å². The maximum absolute atomic E-state index is 13.1. The molecule has 2 N–H and O–H groups in total. The molecule has 0 unspecified atom stereocenters. The first-order chi connectivity index (χ1) is 14.5. The van der Waals surface area contributed by atoms with Gasteiger partial charge in [0, 0.05) is 17.6 Å². The molecule has 4 nitrogen and oxygen atoms in total. The van der Waals surface area contributed by atoms with Crippen LogP contribution in [0.2, 0.25) is 0 Å². The summed E-state index contributed by atoms with van der Waals surface area (Å²) in [6.45, 7) is 0.502. The minimum atomic E-state index is -0.0553. The summed E-state index contributed by atoms with van der Waals surface area (Å²) in [4.78, 5) is 19.1. The molecule has 0 aliphatic heterocycles. The van der Waals surface area contributed by atoms with Crippen molar-refractivity contribution >= 4 is 73.6 Å². The summed E-state index contributed by atoms with van der Waals surface area (Å²) in [7, 11) is 0. The molecule has 154 valence electrons. The first-order valence-electron chi connectivity index (χ1n) is 9.71. The zero-order chi connectivity index (χ0) is 21.1. The number of benzene rings is 2. The SMILES string of the molecule is O=C(NCc1ccccc1)c1c(N=Cc2cc(I)c(O)c(I)c2)sc2c1CCCC2. The van der Waals surface area contributed by atoms with Crippen LogP contribution in [0.5, 0.6) is 5.75 Å². The van der Waals surface area contributed by atoms with Gasteiger partial charge in [-0.15, -0.1) is 11.3 Å². The maximum Gasteiger partial charge on any atom is 0.254 e. The first-order valence-corrected chi connectivity index (χ1v) is 12.7. The Balaban J connectivity index is 1.63. The lowest BCUT2D eigenvalue weighted by atomic mass is 9.95. The smallest absolute Gasteiger partial charge is 0.254 e. The lowest BCUT2D eigenvalue weighted by molar-refractivity contribution is 0.0951. The van der Waals surface area contributed by atoms with Crippen molar-refractivity contribution in [2.75, 3.05) is 0 Å². The standard InChI is InChI=1S/C23H20I2N2O2S/c24-17-10-15(11-18(25)21(17)28)13-27-23-20(16-8-4-5-9-19(16)30-23)22(29)26-12-14-6-2-1-3-7-14/h1-3,6-7,10-11,13,28H,4-5,8-9,12H2,(H,26,29). The Hall–Kier alpha value is -1.46. The molecule has 30 heavy (non-hydrogen) atoms. The van der Waals surface area contributed by atoms with Crippen LogP contribution in [-0.4, -0.2) is 17.2 Å². The van der Waals surface area contributed by atoms with E-state index in [1.54, 1.807) is 17.6 Å². The first kappa shape index (κ1) is 21.8. The number of carbonyl (C=O) groups is 1. The van der Waals surface area contributed by atoms with Crippen molar-refractivity contribution in [3.8, 4) is 5.75 Å². The number of carbonyl (C=O) groups excluding carboxylic acids is 1. The molecule has 0 spiro atoms. The number of phenols is 1. The fraction of sp³-hybridized carbons (Fsp3) is 0.217. The third-order valence-corrected chi connectivity index (χ3v) is 7.89. The van der Waals surface area contributed by atoms with Crippen LogP contribution in [0.15, 0.2) is 47.5 Å². The van der Waals surface area contributed by atoms with Gasteiger partial charge in [0.05, 0.1) is 12.7 Å². The van der Waals surface area contributed by atoms with E-state index >= 15 is 0 Å². The van der Waals surface area contributed by atoms with Crippen molar-refractivity contribution in [2.24, 2.45) is 4.99 Å². The van der Waals surface area contributed by atoms with E-state index in [0.717, 1.165) is 54.5 Å². The molecule has 1 amide bonds. The molecule has 3 aromatic rings. The van der Waals surface area contributed by atoms with E-state index in [9.17, 15) is 9.90 Å². The highest BCUT2D eigenvalue weighted by Gasteiger charge is 2.25. The van der Waals surface area contributed by atoms with Crippen LogP contribution in [0, 0.1) is 7.14 Å². The molecule has 1 aliphatic rings. The third-order valence-electron chi connectivity index (χ3n) is 5.05. The van der Waals surface area contributed by atoms with Crippen molar-refractivity contribution in [1.29, 1.82) is 0 Å². The third kappa shape index (κ3) is 4.88. The average molecular weight is 642 g/mol. The summed E-state index contributed by atoms with van der Waals surface area (Å²) in [5.74, 6) is 0.237. The normalized spacial score (nSPS) is 13.4. The molecule has 0 radical (unpaired) electrons. The highest BCUT2D eigenvalue weighted by Crippen LogP contribution is 2.40. The van der Waals surface area contributed by atoms with Crippen LogP contribution >= 0.6 is 56.5 Å². The topological polar surface area (TPSA) is 61.7 Å². The van der Waals surface area contributed by atoms with Crippen molar-refractivity contribution in [3.63, 3.8) is 0 Å². The Labute approximate surface area is 207 Å². The molecule has 1 heterocycles. The van der Waals surface area contributed by atoms with E-state index in [-0.39, 0.29) is 5.91 Å². The molecule has 1 aromatic heterocycles. The molecule has 7 heteroatoms. The number of hydrogen-bond acceptors (Lipinski definition) is 4. The van der Waals surface area contributed by atoms with Crippen molar-refractivity contribution < 1.29 is 9.90 Å². The van der Waals surface area contributed by atoms with Gasteiger partial charge in [0.15, 0.2) is 0 Å². The van der Waals surface area contributed by atoms with Gasteiger partial charge in [-0.3, -0.25) is 4.79 Å². The Bertz CT molecular complexity index is 1090. The molecule has 0 bridgehead atoms. The summed E-state index contributed by atoms with van der Waals surface area (Å²) in [5, 5.41) is 13.8. The monoisotopic (exact) mass is 642 g/mol. The largest absolute Gasteiger partial charge is 0.506 e. The molecule has 0 saturated carbocycles. The number of nitrogens with one attached hydrogen (secondary N) is 1. The molecule has 0 fully saturated rings. The molecular formula is C23H20I2N2O2S. The summed E-state index contributed by atoms with van der Waals surface area (Å²) in [6.07, 6.45) is 6.01. The number of aryl methyl sites for hydroxylation is 1. The van der Waals surface area contributed by atoms with E-state index in [1.807, 2.05) is 42.5 Å². The van der Waals surface area contributed by atoms with Gasteiger partial charge in [0.25, 0.3) is 5.91 Å². The Morgan fingerprint density at radius 2 is 1.83 bits per heavy atom. The van der Waals surface area contributed by atoms with Crippen LogP contribution in [-0.2, 0) is 19.4 Å². The highest BCUT2D eigenvalue weighted by molar-refractivity contribution is 14.1. The summed E-state index contributed by atoms with van der Waals surface area (Å²) in [5.41, 5.74) is 3.88. The molecule has 4 rings (SSSR count). The van der Waals surface area contributed by atoms with Gasteiger partial charge in [-0.1, -0.05) is 30.3 Å². The number of aromatic hydroxyl groups is 1. The summed E-state index contributed by atoms with van der Waals surface area (Å²) in [6, 6.07) is 13.7. The van der Waals surface area contributed by atoms with E-state index in [1.165, 1.54) is 10.4 Å². The van der Waals surface area contributed by atoms with E-state index in [2.05, 4.69) is 50.5 Å². The molecule has 0 saturated heterocycles. The Morgan fingerprint density at radius 1 is 1.13 bits per heavy atom. The van der Waals surface area contributed by atoms with Crippen LogP contribution in [0.1, 0.15) is 44.8 Å². The lowest BCUT2D eigenvalue weighted by Crippen LogP contribution is -2.24. The summed E-state index contributed by atoms with van der Waals surface area (Å²) < 4.78 is 1.57. The van der Waals surface area contributed by atoms with Crippen LogP contribution < -0.4 is 5.32 Å². The number of phenolic OH excluding ortho intramolecular Hbond substituents is 1. The number of amides is 1. The van der Waals surface area contributed by atoms with E-state index < -0.39 is 0 Å².